The molecular formula is C54H88NO7+. The molecule has 0 aliphatic rings. The molecule has 1 N–H and O–H groups in total. The molecule has 0 aromatic carbocycles. The van der Waals surface area contributed by atoms with Crippen LogP contribution in [0.3, 0.4) is 0 Å². The molecule has 0 heterocycles. The quantitative estimate of drug-likeness (QED) is 0.0283. The van der Waals surface area contributed by atoms with Crippen LogP contribution >= 0.6 is 0 Å². The zero-order chi connectivity index (χ0) is 45.6. The highest BCUT2D eigenvalue weighted by Crippen LogP contribution is 2.13. The number of allylic oxidation sites excluding steroid dienone is 18. The van der Waals surface area contributed by atoms with Gasteiger partial charge in [-0.1, -0.05) is 155 Å². The minimum atomic E-state index is -0.887. The number of carboxylic acids is 1. The van der Waals surface area contributed by atoms with Gasteiger partial charge in [0.1, 0.15) is 6.61 Å². The molecule has 0 fully saturated rings. The van der Waals surface area contributed by atoms with E-state index in [1.807, 2.05) is 21.1 Å². The Kier molecular flexibility index (Phi) is 40.8. The Morgan fingerprint density at radius 3 is 1.27 bits per heavy atom. The Balaban J connectivity index is 4.39. The van der Waals surface area contributed by atoms with Gasteiger partial charge in [-0.15, -0.1) is 0 Å². The number of esters is 2. The summed E-state index contributed by atoms with van der Waals surface area (Å²) in [6.45, 7) is 4.44. The first-order valence-corrected chi connectivity index (χ1v) is 23.9. The zero-order valence-electron chi connectivity index (χ0n) is 39.8. The van der Waals surface area contributed by atoms with Gasteiger partial charge in [-0.3, -0.25) is 9.59 Å². The number of aliphatic carboxylic acids is 1. The van der Waals surface area contributed by atoms with E-state index in [4.69, 9.17) is 14.2 Å². The molecule has 2 atom stereocenters. The summed E-state index contributed by atoms with van der Waals surface area (Å²) in [5, 5.41) is 9.64. The first-order valence-electron chi connectivity index (χ1n) is 23.9. The first-order chi connectivity index (χ1) is 30.1. The van der Waals surface area contributed by atoms with Crippen LogP contribution in [-0.2, 0) is 28.6 Å². The number of unbranched alkanes of at least 4 members (excludes halogenated alkanes) is 9. The minimum Gasteiger partial charge on any atom is -0.477 e. The summed E-state index contributed by atoms with van der Waals surface area (Å²) < 4.78 is 17.3. The number of hydrogen-bond acceptors (Lipinski definition) is 6. The van der Waals surface area contributed by atoms with Gasteiger partial charge in [-0.05, 0) is 96.3 Å². The second kappa shape index (κ2) is 43.6. The molecule has 0 rings (SSSR count). The highest BCUT2D eigenvalue weighted by Gasteiger charge is 2.31. The molecule has 0 spiro atoms. The normalized spacial score (nSPS) is 13.9. The fourth-order valence-electron chi connectivity index (χ4n) is 6.28. The van der Waals surface area contributed by atoms with Gasteiger partial charge in [-0.2, -0.15) is 0 Å². The molecule has 0 aromatic rings. The Labute approximate surface area is 378 Å². The largest absolute Gasteiger partial charge is 0.477 e. The predicted molar refractivity (Wildman–Crippen MR) is 261 cm³/mol. The van der Waals surface area contributed by atoms with Crippen LogP contribution in [0.1, 0.15) is 162 Å². The van der Waals surface area contributed by atoms with Crippen LogP contribution in [-0.4, -0.2) is 80.6 Å². The van der Waals surface area contributed by atoms with Gasteiger partial charge < -0.3 is 23.8 Å². The molecule has 62 heavy (non-hydrogen) atoms. The van der Waals surface area contributed by atoms with Crippen LogP contribution < -0.4 is 0 Å². The number of carbonyl (C=O) groups is 3. The first kappa shape index (κ1) is 58.0. The summed E-state index contributed by atoms with van der Waals surface area (Å²) in [6, 6.07) is -0.630. The number of rotatable bonds is 41. The summed E-state index contributed by atoms with van der Waals surface area (Å²) in [7, 11) is 5.50. The smallest absolute Gasteiger partial charge is 0.362 e. The van der Waals surface area contributed by atoms with Crippen LogP contribution in [0.5, 0.6) is 0 Å². The maximum absolute atomic E-state index is 12.8. The lowest BCUT2D eigenvalue weighted by molar-refractivity contribution is -0.887. The monoisotopic (exact) mass is 863 g/mol. The Morgan fingerprint density at radius 2 is 0.855 bits per heavy atom. The predicted octanol–water partition coefficient (Wildman–Crippen LogP) is 13.6. The molecular weight excluding hydrogens is 775 g/mol. The van der Waals surface area contributed by atoms with Crippen molar-refractivity contribution in [1.82, 2.24) is 0 Å². The molecule has 0 bridgehead atoms. The van der Waals surface area contributed by atoms with Crippen LogP contribution in [0.2, 0.25) is 0 Å². The molecule has 8 heteroatoms. The molecule has 0 amide bonds. The third kappa shape index (κ3) is 41.3. The van der Waals surface area contributed by atoms with E-state index >= 15 is 0 Å². The van der Waals surface area contributed by atoms with Crippen molar-refractivity contribution in [2.75, 3.05) is 41.0 Å². The third-order valence-corrected chi connectivity index (χ3v) is 9.92. The van der Waals surface area contributed by atoms with Gasteiger partial charge >= 0.3 is 17.9 Å². The molecule has 350 valence electrons. The van der Waals surface area contributed by atoms with Crippen LogP contribution in [0.15, 0.2) is 109 Å². The van der Waals surface area contributed by atoms with Crippen molar-refractivity contribution in [3.05, 3.63) is 109 Å². The molecule has 0 aromatic heterocycles. The number of quaternary nitrogens is 1. The fourth-order valence-corrected chi connectivity index (χ4v) is 6.28. The standard InChI is InChI=1S/C54H87NO7/c1-6-8-10-12-14-16-18-20-22-24-25-26-27-28-29-31-33-35-37-39-41-43-45-53(57)62-50(48-60-47-46-51(54(58)59)55(3,4)5)49-61-52(56)44-42-40-38-36-34-32-30-23-21-19-17-15-13-11-9-7-2/h8-11,14-17,20-23,25-26,28-29,32,34,50-51H,6-7,12-13,18-19,24,27,30-31,33,35-49H2,1-5H3/p+1/b10-8+,11-9+,16-14+,17-15+,22-20+,23-21+,26-25+,29-28+,34-32+. The summed E-state index contributed by atoms with van der Waals surface area (Å²) in [5.74, 6) is -1.54. The minimum absolute atomic E-state index is 0.0370. The van der Waals surface area contributed by atoms with Crippen molar-refractivity contribution in [2.45, 2.75) is 174 Å². The van der Waals surface area contributed by atoms with Gasteiger partial charge in [0.05, 0.1) is 34.4 Å². The lowest BCUT2D eigenvalue weighted by atomic mass is 10.1. The Morgan fingerprint density at radius 1 is 0.484 bits per heavy atom. The number of hydrogen-bond donors (Lipinski definition) is 1. The lowest BCUT2D eigenvalue weighted by Crippen LogP contribution is -2.50. The van der Waals surface area contributed by atoms with Gasteiger partial charge in [0.15, 0.2) is 12.1 Å². The van der Waals surface area contributed by atoms with Crippen molar-refractivity contribution in [3.8, 4) is 0 Å². The topological polar surface area (TPSA) is 99.1 Å². The maximum Gasteiger partial charge on any atom is 0.362 e. The third-order valence-electron chi connectivity index (χ3n) is 9.92. The van der Waals surface area contributed by atoms with E-state index in [2.05, 4.69) is 123 Å². The van der Waals surface area contributed by atoms with Gasteiger partial charge in [0, 0.05) is 19.3 Å². The van der Waals surface area contributed by atoms with Gasteiger partial charge in [-0.25, -0.2) is 4.79 Å². The molecule has 0 radical (unpaired) electrons. The second-order valence-electron chi connectivity index (χ2n) is 16.6. The molecule has 2 unspecified atom stereocenters. The zero-order valence-corrected chi connectivity index (χ0v) is 39.8. The number of carboxylic acid groups (broad SMARTS) is 1. The molecule has 0 aliphatic heterocycles. The fraction of sp³-hybridized carbons (Fsp3) is 0.611. The highest BCUT2D eigenvalue weighted by atomic mass is 16.6. The second-order valence-corrected chi connectivity index (χ2v) is 16.6. The van der Waals surface area contributed by atoms with Crippen LogP contribution in [0.25, 0.3) is 0 Å². The molecule has 0 saturated carbocycles. The van der Waals surface area contributed by atoms with E-state index < -0.39 is 18.1 Å². The Hall–Kier alpha value is -4.01. The molecule has 0 saturated heterocycles. The van der Waals surface area contributed by atoms with Crippen molar-refractivity contribution in [1.29, 1.82) is 0 Å². The van der Waals surface area contributed by atoms with E-state index in [0.29, 0.717) is 19.3 Å². The van der Waals surface area contributed by atoms with Gasteiger partial charge in [0.2, 0.25) is 0 Å². The van der Waals surface area contributed by atoms with Crippen LogP contribution in [0, 0.1) is 0 Å². The maximum atomic E-state index is 12.8. The number of nitrogens with zero attached hydrogens (tertiary/aromatic N) is 1. The summed E-state index contributed by atoms with van der Waals surface area (Å²) >= 11 is 0. The number of likely N-dealkylation sites (N-methyl/N-ethyl adjacent to an activating group) is 1. The highest BCUT2D eigenvalue weighted by molar-refractivity contribution is 5.72. The van der Waals surface area contributed by atoms with Gasteiger partial charge in [0.25, 0.3) is 0 Å². The van der Waals surface area contributed by atoms with Crippen molar-refractivity contribution in [3.63, 3.8) is 0 Å². The lowest BCUT2D eigenvalue weighted by Gasteiger charge is -2.31. The van der Waals surface area contributed by atoms with E-state index in [0.717, 1.165) is 116 Å². The van der Waals surface area contributed by atoms with Crippen molar-refractivity contribution < 1.29 is 38.2 Å². The number of carbonyl (C=O) groups excluding carboxylic acids is 2. The molecule has 0 aliphatic carbocycles. The summed E-state index contributed by atoms with van der Waals surface area (Å²) in [5.41, 5.74) is 0. The SMILES string of the molecule is CC/C=C/C/C=C/C/C=C/C/C=C/C/C=C/CCCCCCCCC(=O)OC(COCCC(C(=O)O)[N+](C)(C)C)COC(=O)CCCCC/C=C/C/C=C/C/C=C/C/C=C/CC. The molecule has 8 nitrogen and oxygen atoms in total. The summed E-state index contributed by atoms with van der Waals surface area (Å²) in [6.07, 6.45) is 59.9. The Bertz CT molecular complexity index is 1370. The average Bonchev–Trinajstić information content (AvgIpc) is 3.23. The van der Waals surface area contributed by atoms with E-state index in [-0.39, 0.29) is 36.2 Å². The van der Waals surface area contributed by atoms with Crippen molar-refractivity contribution in [2.24, 2.45) is 0 Å². The van der Waals surface area contributed by atoms with E-state index in [1.54, 1.807) is 0 Å². The van der Waals surface area contributed by atoms with Crippen LogP contribution in [0.4, 0.5) is 0 Å². The average molecular weight is 863 g/mol. The van der Waals surface area contributed by atoms with Crippen molar-refractivity contribution >= 4 is 17.9 Å². The number of ether oxygens (including phenoxy) is 3. The van der Waals surface area contributed by atoms with E-state index in [1.165, 1.54) is 12.8 Å². The van der Waals surface area contributed by atoms with E-state index in [9.17, 15) is 19.5 Å². The summed E-state index contributed by atoms with van der Waals surface area (Å²) in [4.78, 5) is 37.1.